The number of hydrogen-bond acceptors (Lipinski definition) is 2. The van der Waals surface area contributed by atoms with Gasteiger partial charge in [-0.3, -0.25) is 4.90 Å². The Morgan fingerprint density at radius 3 is 2.38 bits per heavy atom. The van der Waals surface area contributed by atoms with Crippen LogP contribution >= 0.6 is 11.6 Å². The number of alkyl halides is 1. The van der Waals surface area contributed by atoms with Gasteiger partial charge in [0.2, 0.25) is 0 Å². The number of unbranched alkanes of at least 4 members (excludes halogenated alkanes) is 2. The van der Waals surface area contributed by atoms with Crippen LogP contribution in [0.2, 0.25) is 0 Å². The minimum atomic E-state index is 0.827. The molecule has 1 saturated heterocycles. The Hall–Kier alpha value is -0.0500. The molecule has 1 rings (SSSR count). The van der Waals surface area contributed by atoms with Crippen LogP contribution in [0.4, 0.5) is 0 Å². The largest absolute Gasteiger partial charge is 0.379 e. The number of nitrogens with zero attached hydrogens (tertiary/aromatic N) is 1. The monoisotopic (exact) mass is 247 g/mol. The molecule has 0 aromatic carbocycles. The molecule has 0 aromatic heterocycles. The Labute approximate surface area is 106 Å². The fourth-order valence-corrected chi connectivity index (χ4v) is 1.57. The highest BCUT2D eigenvalue weighted by molar-refractivity contribution is 6.17. The topological polar surface area (TPSA) is 12.5 Å². The van der Waals surface area contributed by atoms with Gasteiger partial charge in [-0.15, -0.1) is 11.6 Å². The van der Waals surface area contributed by atoms with Crippen molar-refractivity contribution in [3.63, 3.8) is 0 Å². The molecule has 1 fully saturated rings. The molecule has 0 spiro atoms. The molecule has 3 heteroatoms. The van der Waals surface area contributed by atoms with Gasteiger partial charge in [0.05, 0.1) is 13.2 Å². The molecule has 16 heavy (non-hydrogen) atoms. The van der Waals surface area contributed by atoms with Crippen LogP contribution < -0.4 is 0 Å². The number of ether oxygens (including phenoxy) is 1. The van der Waals surface area contributed by atoms with Crippen molar-refractivity contribution in [3.05, 3.63) is 12.2 Å². The highest BCUT2D eigenvalue weighted by Gasteiger charge is 2.06. The number of halogens is 1. The number of allylic oxidation sites excluding steroid dienone is 1. The van der Waals surface area contributed by atoms with Crippen molar-refractivity contribution in [1.82, 2.24) is 4.90 Å². The second kappa shape index (κ2) is 13.0. The van der Waals surface area contributed by atoms with Gasteiger partial charge >= 0.3 is 0 Å². The van der Waals surface area contributed by atoms with Gasteiger partial charge in [-0.05, 0) is 13.3 Å². The van der Waals surface area contributed by atoms with Crippen molar-refractivity contribution in [3.8, 4) is 0 Å². The van der Waals surface area contributed by atoms with Crippen molar-refractivity contribution < 1.29 is 4.74 Å². The average molecular weight is 248 g/mol. The molecule has 0 unspecified atom stereocenters. The predicted octanol–water partition coefficient (Wildman–Crippen LogP) is 3.31. The SMILES string of the molecule is CC=CCN1CCOCC1.CCCCCCl. The minimum Gasteiger partial charge on any atom is -0.379 e. The van der Waals surface area contributed by atoms with Crippen LogP contribution in [0.1, 0.15) is 33.1 Å². The molecule has 1 aliphatic rings. The van der Waals surface area contributed by atoms with Crippen LogP contribution in [0.5, 0.6) is 0 Å². The molecule has 0 aromatic rings. The maximum absolute atomic E-state index is 5.38. The minimum absolute atomic E-state index is 0.827. The fourth-order valence-electron chi connectivity index (χ4n) is 1.38. The van der Waals surface area contributed by atoms with Crippen molar-refractivity contribution in [2.75, 3.05) is 38.7 Å². The van der Waals surface area contributed by atoms with Gasteiger partial charge in [0.25, 0.3) is 0 Å². The molecule has 1 aliphatic heterocycles. The summed E-state index contributed by atoms with van der Waals surface area (Å²) >= 11 is 5.38. The Kier molecular flexibility index (Phi) is 13.0. The quantitative estimate of drug-likeness (QED) is 0.420. The normalized spacial score (nSPS) is 17.2. The Morgan fingerprint density at radius 1 is 1.25 bits per heavy atom. The number of rotatable bonds is 5. The molecule has 0 bridgehead atoms. The first-order valence-electron chi connectivity index (χ1n) is 6.32. The van der Waals surface area contributed by atoms with Crippen molar-refractivity contribution in [1.29, 1.82) is 0 Å². The Bertz CT molecular complexity index is 152. The summed E-state index contributed by atoms with van der Waals surface area (Å²) in [6.07, 6.45) is 8.01. The second-order valence-corrected chi connectivity index (χ2v) is 4.26. The van der Waals surface area contributed by atoms with E-state index in [2.05, 4.69) is 30.9 Å². The van der Waals surface area contributed by atoms with Gasteiger partial charge < -0.3 is 4.74 Å². The first kappa shape index (κ1) is 16.0. The van der Waals surface area contributed by atoms with Crippen LogP contribution in [0.15, 0.2) is 12.2 Å². The summed E-state index contributed by atoms with van der Waals surface area (Å²) in [5, 5.41) is 0. The van der Waals surface area contributed by atoms with Gasteiger partial charge in [-0.25, -0.2) is 0 Å². The zero-order valence-corrected chi connectivity index (χ0v) is 11.5. The van der Waals surface area contributed by atoms with E-state index in [0.717, 1.165) is 38.7 Å². The first-order valence-corrected chi connectivity index (χ1v) is 6.85. The van der Waals surface area contributed by atoms with Gasteiger partial charge in [-0.1, -0.05) is 31.9 Å². The fraction of sp³-hybridized carbons (Fsp3) is 0.846. The maximum Gasteiger partial charge on any atom is 0.0594 e. The van der Waals surface area contributed by atoms with Crippen LogP contribution in [0.3, 0.4) is 0 Å². The van der Waals surface area contributed by atoms with E-state index in [4.69, 9.17) is 16.3 Å². The van der Waals surface area contributed by atoms with E-state index in [0.29, 0.717) is 0 Å². The molecule has 0 radical (unpaired) electrons. The predicted molar refractivity (Wildman–Crippen MR) is 72.3 cm³/mol. The molecule has 0 N–H and O–H groups in total. The van der Waals surface area contributed by atoms with Crippen molar-refractivity contribution >= 4 is 11.6 Å². The van der Waals surface area contributed by atoms with E-state index in [1.165, 1.54) is 19.3 Å². The van der Waals surface area contributed by atoms with E-state index in [1.54, 1.807) is 0 Å². The van der Waals surface area contributed by atoms with Gasteiger partial charge in [0.1, 0.15) is 0 Å². The van der Waals surface area contributed by atoms with Gasteiger partial charge in [0, 0.05) is 25.5 Å². The van der Waals surface area contributed by atoms with Crippen LogP contribution in [-0.4, -0.2) is 43.6 Å². The lowest BCUT2D eigenvalue weighted by Crippen LogP contribution is -2.36. The zero-order chi connectivity index (χ0) is 12.1. The molecule has 0 amide bonds. The molecule has 96 valence electrons. The Morgan fingerprint density at radius 2 is 1.94 bits per heavy atom. The van der Waals surface area contributed by atoms with Crippen LogP contribution in [0, 0.1) is 0 Å². The summed E-state index contributed by atoms with van der Waals surface area (Å²) in [6, 6.07) is 0. The third-order valence-electron chi connectivity index (χ3n) is 2.44. The number of hydrogen-bond donors (Lipinski definition) is 0. The lowest BCUT2D eigenvalue weighted by molar-refractivity contribution is 0.0434. The molecule has 1 heterocycles. The zero-order valence-electron chi connectivity index (χ0n) is 10.8. The van der Waals surface area contributed by atoms with Crippen molar-refractivity contribution in [2.24, 2.45) is 0 Å². The van der Waals surface area contributed by atoms with E-state index in [1.807, 2.05) is 0 Å². The maximum atomic E-state index is 5.38. The molecule has 2 nitrogen and oxygen atoms in total. The molecule has 0 atom stereocenters. The molecular formula is C13H26ClNO. The van der Waals surface area contributed by atoms with Crippen LogP contribution in [-0.2, 0) is 4.74 Å². The summed E-state index contributed by atoms with van der Waals surface area (Å²) in [5.74, 6) is 0.827. The van der Waals surface area contributed by atoms with E-state index in [9.17, 15) is 0 Å². The van der Waals surface area contributed by atoms with E-state index < -0.39 is 0 Å². The van der Waals surface area contributed by atoms with Gasteiger partial charge in [-0.2, -0.15) is 0 Å². The average Bonchev–Trinajstić information content (AvgIpc) is 2.36. The summed E-state index contributed by atoms with van der Waals surface area (Å²) < 4.78 is 5.21. The summed E-state index contributed by atoms with van der Waals surface area (Å²) in [4.78, 5) is 2.39. The van der Waals surface area contributed by atoms with E-state index in [-0.39, 0.29) is 0 Å². The smallest absolute Gasteiger partial charge is 0.0594 e. The van der Waals surface area contributed by atoms with Crippen LogP contribution in [0.25, 0.3) is 0 Å². The molecular weight excluding hydrogens is 222 g/mol. The molecule has 0 aliphatic carbocycles. The Balaban J connectivity index is 0.000000325. The van der Waals surface area contributed by atoms with E-state index >= 15 is 0 Å². The third kappa shape index (κ3) is 10.5. The molecule has 0 saturated carbocycles. The summed E-state index contributed by atoms with van der Waals surface area (Å²) in [6.45, 7) is 9.29. The lowest BCUT2D eigenvalue weighted by atomic mass is 10.3. The second-order valence-electron chi connectivity index (χ2n) is 3.88. The standard InChI is InChI=1S/C8H15NO.C5H11Cl/c1-2-3-4-9-5-7-10-8-6-9;1-2-3-4-5-6/h2-3H,4-8H2,1H3;2-5H2,1H3. The highest BCUT2D eigenvalue weighted by Crippen LogP contribution is 1.95. The van der Waals surface area contributed by atoms with Gasteiger partial charge in [0.15, 0.2) is 0 Å². The summed E-state index contributed by atoms with van der Waals surface area (Å²) in [5.41, 5.74) is 0. The number of morpholine rings is 1. The van der Waals surface area contributed by atoms with Crippen molar-refractivity contribution in [2.45, 2.75) is 33.1 Å². The summed E-state index contributed by atoms with van der Waals surface area (Å²) in [7, 11) is 0. The first-order chi connectivity index (χ1) is 7.85. The highest BCUT2D eigenvalue weighted by atomic mass is 35.5. The third-order valence-corrected chi connectivity index (χ3v) is 2.71. The lowest BCUT2D eigenvalue weighted by Gasteiger charge is -2.24.